The van der Waals surface area contributed by atoms with Crippen molar-refractivity contribution in [2.45, 2.75) is 51.0 Å². The number of anilines is 1. The van der Waals surface area contributed by atoms with Crippen molar-refractivity contribution in [3.63, 3.8) is 0 Å². The van der Waals surface area contributed by atoms with Crippen LogP contribution in [0.5, 0.6) is 0 Å². The molecule has 1 saturated carbocycles. The van der Waals surface area contributed by atoms with Crippen LogP contribution in [-0.2, 0) is 11.2 Å². The van der Waals surface area contributed by atoms with E-state index >= 15 is 0 Å². The smallest absolute Gasteiger partial charge is 0.273 e. The van der Waals surface area contributed by atoms with Crippen LogP contribution >= 0.6 is 11.3 Å². The first-order valence-electron chi connectivity index (χ1n) is 9.20. The van der Waals surface area contributed by atoms with Gasteiger partial charge >= 0.3 is 0 Å². The Morgan fingerprint density at radius 2 is 1.92 bits per heavy atom. The van der Waals surface area contributed by atoms with Crippen LogP contribution in [0.15, 0.2) is 35.7 Å². The zero-order valence-corrected chi connectivity index (χ0v) is 15.9. The standard InChI is InChI=1S/C20H25N3O2S/c1-23(16-10-6-3-7-11-16)19(25)17-14-26-20(21-17)22-18(24)13-12-15-8-4-2-5-9-15/h2,4-5,8-9,14,16H,3,6-7,10-13H2,1H3,(H,21,22,24). The van der Waals surface area contributed by atoms with Gasteiger partial charge in [0, 0.05) is 24.9 Å². The third-order valence-electron chi connectivity index (χ3n) is 4.90. The summed E-state index contributed by atoms with van der Waals surface area (Å²) in [5.41, 5.74) is 1.55. The van der Waals surface area contributed by atoms with Gasteiger partial charge in [-0.25, -0.2) is 4.98 Å². The Morgan fingerprint density at radius 3 is 2.65 bits per heavy atom. The van der Waals surface area contributed by atoms with E-state index in [2.05, 4.69) is 10.3 Å². The van der Waals surface area contributed by atoms with Gasteiger partial charge in [0.25, 0.3) is 5.91 Å². The molecule has 1 aliphatic rings. The van der Waals surface area contributed by atoms with E-state index in [1.54, 1.807) is 5.38 Å². The maximum absolute atomic E-state index is 12.6. The zero-order chi connectivity index (χ0) is 18.4. The van der Waals surface area contributed by atoms with Crippen LogP contribution in [0.4, 0.5) is 5.13 Å². The molecule has 1 aliphatic carbocycles. The monoisotopic (exact) mass is 371 g/mol. The first-order valence-corrected chi connectivity index (χ1v) is 10.1. The van der Waals surface area contributed by atoms with Crippen molar-refractivity contribution < 1.29 is 9.59 Å². The van der Waals surface area contributed by atoms with Crippen molar-refractivity contribution in [1.82, 2.24) is 9.88 Å². The van der Waals surface area contributed by atoms with Gasteiger partial charge < -0.3 is 10.2 Å². The lowest BCUT2D eigenvalue weighted by molar-refractivity contribution is -0.116. The van der Waals surface area contributed by atoms with Gasteiger partial charge in [-0.2, -0.15) is 0 Å². The van der Waals surface area contributed by atoms with E-state index in [0.717, 1.165) is 18.4 Å². The van der Waals surface area contributed by atoms with Crippen LogP contribution in [0.25, 0.3) is 0 Å². The number of carbonyl (C=O) groups excluding carboxylic acids is 2. The highest BCUT2D eigenvalue weighted by molar-refractivity contribution is 7.14. The minimum absolute atomic E-state index is 0.0575. The van der Waals surface area contributed by atoms with Gasteiger partial charge in [0.1, 0.15) is 5.69 Å². The molecule has 1 aromatic heterocycles. The topological polar surface area (TPSA) is 62.3 Å². The second kappa shape index (κ2) is 8.94. The molecule has 1 heterocycles. The number of aromatic nitrogens is 1. The molecule has 0 atom stereocenters. The molecule has 0 spiro atoms. The molecule has 1 aromatic carbocycles. The summed E-state index contributed by atoms with van der Waals surface area (Å²) in [6.45, 7) is 0. The van der Waals surface area contributed by atoms with Crippen molar-refractivity contribution in [2.24, 2.45) is 0 Å². The zero-order valence-electron chi connectivity index (χ0n) is 15.1. The number of carbonyl (C=O) groups is 2. The van der Waals surface area contributed by atoms with Crippen LogP contribution < -0.4 is 5.32 Å². The quantitative estimate of drug-likeness (QED) is 0.831. The molecule has 0 unspecified atom stereocenters. The largest absolute Gasteiger partial charge is 0.337 e. The minimum Gasteiger partial charge on any atom is -0.337 e. The SMILES string of the molecule is CN(C(=O)c1csc(NC(=O)CCc2ccccc2)n1)C1CCCCC1. The van der Waals surface area contributed by atoms with Crippen molar-refractivity contribution >= 4 is 28.3 Å². The number of benzene rings is 1. The lowest BCUT2D eigenvalue weighted by Gasteiger charge is -2.30. The number of rotatable bonds is 6. The number of hydrogen-bond donors (Lipinski definition) is 1. The van der Waals surface area contributed by atoms with Crippen molar-refractivity contribution in [2.75, 3.05) is 12.4 Å². The summed E-state index contributed by atoms with van der Waals surface area (Å²) in [7, 11) is 1.86. The average Bonchev–Trinajstić information content (AvgIpc) is 3.15. The van der Waals surface area contributed by atoms with E-state index in [1.807, 2.05) is 42.3 Å². The Bertz CT molecular complexity index is 739. The Labute approximate surface area is 158 Å². The number of aryl methyl sites for hydroxylation is 1. The van der Waals surface area contributed by atoms with Gasteiger partial charge in [-0.05, 0) is 24.8 Å². The highest BCUT2D eigenvalue weighted by Gasteiger charge is 2.24. The fourth-order valence-electron chi connectivity index (χ4n) is 3.33. The molecule has 0 bridgehead atoms. The second-order valence-electron chi connectivity index (χ2n) is 6.78. The summed E-state index contributed by atoms with van der Waals surface area (Å²) >= 11 is 1.30. The number of hydrogen-bond acceptors (Lipinski definition) is 4. The number of thiazole rings is 1. The third kappa shape index (κ3) is 4.91. The molecule has 0 saturated heterocycles. The highest BCUT2D eigenvalue weighted by Crippen LogP contribution is 2.24. The normalized spacial score (nSPS) is 14.8. The van der Waals surface area contributed by atoms with E-state index in [-0.39, 0.29) is 11.8 Å². The summed E-state index contributed by atoms with van der Waals surface area (Å²) in [6.07, 6.45) is 6.84. The van der Waals surface area contributed by atoms with E-state index in [1.165, 1.54) is 30.6 Å². The number of amides is 2. The maximum Gasteiger partial charge on any atom is 0.273 e. The van der Waals surface area contributed by atoms with Crippen LogP contribution in [0.3, 0.4) is 0 Å². The van der Waals surface area contributed by atoms with E-state index in [0.29, 0.717) is 29.7 Å². The van der Waals surface area contributed by atoms with Gasteiger partial charge in [-0.15, -0.1) is 11.3 Å². The second-order valence-corrected chi connectivity index (χ2v) is 7.64. The summed E-state index contributed by atoms with van der Waals surface area (Å²) in [6, 6.07) is 10.2. The molecule has 1 fully saturated rings. The van der Waals surface area contributed by atoms with Gasteiger partial charge in [0.15, 0.2) is 5.13 Å². The predicted molar refractivity (Wildman–Crippen MR) is 104 cm³/mol. The molecule has 5 nitrogen and oxygen atoms in total. The molecule has 3 rings (SSSR count). The fourth-order valence-corrected chi connectivity index (χ4v) is 4.03. The molecule has 0 radical (unpaired) electrons. The first kappa shape index (κ1) is 18.6. The number of nitrogens with zero attached hydrogens (tertiary/aromatic N) is 2. The molecule has 1 N–H and O–H groups in total. The van der Waals surface area contributed by atoms with Gasteiger partial charge in [-0.1, -0.05) is 49.6 Å². The summed E-state index contributed by atoms with van der Waals surface area (Å²) < 4.78 is 0. The molecule has 6 heteroatoms. The van der Waals surface area contributed by atoms with Crippen LogP contribution in [0, 0.1) is 0 Å². The van der Waals surface area contributed by atoms with Crippen LogP contribution in [0.1, 0.15) is 54.6 Å². The molecule has 2 amide bonds. The van der Waals surface area contributed by atoms with Crippen LogP contribution in [-0.4, -0.2) is 34.8 Å². The summed E-state index contributed by atoms with van der Waals surface area (Å²) in [4.78, 5) is 30.8. The third-order valence-corrected chi connectivity index (χ3v) is 5.65. The van der Waals surface area contributed by atoms with Crippen molar-refractivity contribution in [3.05, 3.63) is 47.0 Å². The minimum atomic E-state index is -0.0807. The Balaban J connectivity index is 1.52. The fraction of sp³-hybridized carbons (Fsp3) is 0.450. The molecular formula is C20H25N3O2S. The molecule has 0 aliphatic heterocycles. The predicted octanol–water partition coefficient (Wildman–Crippen LogP) is 4.12. The molecular weight excluding hydrogens is 346 g/mol. The van der Waals surface area contributed by atoms with Gasteiger partial charge in [0.2, 0.25) is 5.91 Å². The van der Waals surface area contributed by atoms with Gasteiger partial charge in [0.05, 0.1) is 0 Å². The molecule has 26 heavy (non-hydrogen) atoms. The lowest BCUT2D eigenvalue weighted by atomic mass is 9.94. The maximum atomic E-state index is 12.6. The average molecular weight is 372 g/mol. The van der Waals surface area contributed by atoms with Crippen LogP contribution in [0.2, 0.25) is 0 Å². The number of nitrogens with one attached hydrogen (secondary N) is 1. The summed E-state index contributed by atoms with van der Waals surface area (Å²) in [5, 5.41) is 5.02. The van der Waals surface area contributed by atoms with E-state index in [4.69, 9.17) is 0 Å². The van der Waals surface area contributed by atoms with E-state index < -0.39 is 0 Å². The Morgan fingerprint density at radius 1 is 1.19 bits per heavy atom. The summed E-state index contributed by atoms with van der Waals surface area (Å²) in [5.74, 6) is -0.138. The lowest BCUT2D eigenvalue weighted by Crippen LogP contribution is -2.38. The van der Waals surface area contributed by atoms with Gasteiger partial charge in [-0.3, -0.25) is 9.59 Å². The first-order chi connectivity index (χ1) is 12.6. The van der Waals surface area contributed by atoms with Crippen molar-refractivity contribution in [3.8, 4) is 0 Å². The van der Waals surface area contributed by atoms with Crippen molar-refractivity contribution in [1.29, 1.82) is 0 Å². The Kier molecular flexibility index (Phi) is 6.39. The van der Waals surface area contributed by atoms with E-state index in [9.17, 15) is 9.59 Å². The molecule has 138 valence electrons. The molecule has 2 aromatic rings. The Hall–Kier alpha value is -2.21. The highest BCUT2D eigenvalue weighted by atomic mass is 32.1.